The van der Waals surface area contributed by atoms with Crippen LogP contribution in [-0.2, 0) is 10.0 Å². The number of sulfonamides is 1. The highest BCUT2D eigenvalue weighted by Gasteiger charge is 2.25. The van der Waals surface area contributed by atoms with E-state index < -0.39 is 14.9 Å². The van der Waals surface area contributed by atoms with Crippen LogP contribution in [-0.4, -0.2) is 30.9 Å². The Balaban J connectivity index is 2.28. The normalized spacial score (nSPS) is 16.6. The molecule has 0 unspecified atom stereocenters. The minimum absolute atomic E-state index is 0.00174. The Hall–Kier alpha value is -1.36. The summed E-state index contributed by atoms with van der Waals surface area (Å²) in [5.41, 5.74) is 1.98. The number of nitrogens with one attached hydrogen (secondary N) is 2. The zero-order valence-corrected chi connectivity index (χ0v) is 12.7. The lowest BCUT2D eigenvalue weighted by Gasteiger charge is -2.22. The number of nitrogen functional groups attached to an aromatic ring is 1. The maximum atomic E-state index is 12.4. The van der Waals surface area contributed by atoms with Gasteiger partial charge in [-0.05, 0) is 30.4 Å². The molecule has 4 N–H and O–H groups in total. The number of hydrazine groups is 1. The summed E-state index contributed by atoms with van der Waals surface area (Å²) in [5.74, 6) is 7.11. The van der Waals surface area contributed by atoms with Gasteiger partial charge in [-0.15, -0.1) is 0 Å². The highest BCUT2D eigenvalue weighted by molar-refractivity contribution is 7.99. The van der Waals surface area contributed by atoms with E-state index in [4.69, 9.17) is 5.84 Å². The molecule has 0 aliphatic carbocycles. The van der Waals surface area contributed by atoms with Gasteiger partial charge in [0.1, 0.15) is 4.90 Å². The van der Waals surface area contributed by atoms with Gasteiger partial charge >= 0.3 is 0 Å². The van der Waals surface area contributed by atoms with E-state index in [1.165, 1.54) is 6.07 Å². The van der Waals surface area contributed by atoms with Crippen LogP contribution in [0.2, 0.25) is 0 Å². The fourth-order valence-electron chi connectivity index (χ4n) is 2.08. The van der Waals surface area contributed by atoms with Crippen molar-refractivity contribution in [1.29, 1.82) is 0 Å². The number of nitrogens with two attached hydrogens (primary N) is 1. The largest absolute Gasteiger partial charge is 0.323 e. The summed E-state index contributed by atoms with van der Waals surface area (Å²) in [7, 11) is -3.77. The van der Waals surface area contributed by atoms with Crippen molar-refractivity contribution >= 4 is 33.2 Å². The average molecular weight is 332 g/mol. The second-order valence-electron chi connectivity index (χ2n) is 4.59. The van der Waals surface area contributed by atoms with E-state index in [1.807, 2.05) is 0 Å². The van der Waals surface area contributed by atoms with E-state index in [1.54, 1.807) is 11.8 Å². The number of benzene rings is 1. The molecule has 0 radical (unpaired) electrons. The first-order valence-electron chi connectivity index (χ1n) is 6.29. The molecule has 0 saturated carbocycles. The van der Waals surface area contributed by atoms with E-state index >= 15 is 0 Å². The van der Waals surface area contributed by atoms with E-state index in [9.17, 15) is 18.5 Å². The van der Waals surface area contributed by atoms with Crippen LogP contribution in [0.15, 0.2) is 23.1 Å². The molecule has 10 heteroatoms. The van der Waals surface area contributed by atoms with Crippen LogP contribution in [0.3, 0.4) is 0 Å². The zero-order chi connectivity index (χ0) is 15.5. The lowest BCUT2D eigenvalue weighted by Crippen LogP contribution is -2.37. The second-order valence-corrected chi connectivity index (χ2v) is 7.50. The molecule has 0 aromatic heterocycles. The van der Waals surface area contributed by atoms with Crippen molar-refractivity contribution < 1.29 is 13.3 Å². The van der Waals surface area contributed by atoms with Crippen molar-refractivity contribution in [2.75, 3.05) is 16.9 Å². The standard InChI is InChI=1S/C11H16N4O4S2/c12-13-10-7-9(15(16)17)1-2-11(10)21(18,19)14-8-3-5-20-6-4-8/h1-2,7-8,13-14H,3-6,12H2. The molecule has 0 spiro atoms. The van der Waals surface area contributed by atoms with Gasteiger partial charge in [0.15, 0.2) is 0 Å². The number of thioether (sulfide) groups is 1. The summed E-state index contributed by atoms with van der Waals surface area (Å²) in [6.07, 6.45) is 1.53. The van der Waals surface area contributed by atoms with Crippen LogP contribution in [0.25, 0.3) is 0 Å². The van der Waals surface area contributed by atoms with Gasteiger partial charge in [0.05, 0.1) is 10.6 Å². The molecule has 8 nitrogen and oxygen atoms in total. The van der Waals surface area contributed by atoms with Gasteiger partial charge in [0.25, 0.3) is 5.69 Å². The van der Waals surface area contributed by atoms with Crippen LogP contribution in [0.1, 0.15) is 12.8 Å². The van der Waals surface area contributed by atoms with Gasteiger partial charge in [-0.25, -0.2) is 13.1 Å². The number of nitro groups is 1. The van der Waals surface area contributed by atoms with Gasteiger partial charge in [0.2, 0.25) is 10.0 Å². The van der Waals surface area contributed by atoms with Crippen molar-refractivity contribution in [3.8, 4) is 0 Å². The lowest BCUT2D eigenvalue weighted by atomic mass is 10.2. The van der Waals surface area contributed by atoms with Crippen molar-refractivity contribution in [2.45, 2.75) is 23.8 Å². The number of hydrogen-bond acceptors (Lipinski definition) is 7. The Bertz CT molecular complexity index is 629. The molecule has 0 amide bonds. The maximum absolute atomic E-state index is 12.4. The van der Waals surface area contributed by atoms with Crippen molar-refractivity contribution in [1.82, 2.24) is 4.72 Å². The summed E-state index contributed by atoms with van der Waals surface area (Å²) in [4.78, 5) is 10.0. The molecule has 0 bridgehead atoms. The number of non-ortho nitro benzene ring substituents is 1. The Morgan fingerprint density at radius 1 is 1.33 bits per heavy atom. The first-order chi connectivity index (χ1) is 9.94. The molecular formula is C11H16N4O4S2. The van der Waals surface area contributed by atoms with Gasteiger partial charge in [-0.3, -0.25) is 16.0 Å². The Labute approximate surface area is 126 Å². The summed E-state index contributed by atoms with van der Waals surface area (Å²) >= 11 is 1.79. The van der Waals surface area contributed by atoms with Crippen LogP contribution in [0.5, 0.6) is 0 Å². The smallest absolute Gasteiger partial charge is 0.271 e. The quantitative estimate of drug-likeness (QED) is 0.418. The van der Waals surface area contributed by atoms with Crippen molar-refractivity contribution in [3.05, 3.63) is 28.3 Å². The number of hydrogen-bond donors (Lipinski definition) is 3. The highest BCUT2D eigenvalue weighted by Crippen LogP contribution is 2.27. The summed E-state index contributed by atoms with van der Waals surface area (Å²) in [5, 5.41) is 10.7. The SMILES string of the molecule is NNc1cc([N+](=O)[O-])ccc1S(=O)(=O)NC1CCSCC1. The molecule has 2 rings (SSSR count). The monoisotopic (exact) mass is 332 g/mol. The Kier molecular flexibility index (Phi) is 5.04. The molecular weight excluding hydrogens is 316 g/mol. The van der Waals surface area contributed by atoms with Gasteiger partial charge < -0.3 is 5.43 Å². The zero-order valence-electron chi connectivity index (χ0n) is 11.1. The van der Waals surface area contributed by atoms with Crippen molar-refractivity contribution in [3.63, 3.8) is 0 Å². The first-order valence-corrected chi connectivity index (χ1v) is 8.93. The number of nitrogens with zero attached hydrogens (tertiary/aromatic N) is 1. The molecule has 21 heavy (non-hydrogen) atoms. The molecule has 1 aromatic rings. The van der Waals surface area contributed by atoms with Crippen LogP contribution in [0.4, 0.5) is 11.4 Å². The van der Waals surface area contributed by atoms with Gasteiger partial charge in [-0.1, -0.05) is 0 Å². The first kappa shape index (κ1) is 16.0. The summed E-state index contributed by atoms with van der Waals surface area (Å²) in [6.45, 7) is 0. The minimum atomic E-state index is -3.77. The third-order valence-electron chi connectivity index (χ3n) is 3.16. The minimum Gasteiger partial charge on any atom is -0.323 e. The Morgan fingerprint density at radius 2 is 2.00 bits per heavy atom. The predicted octanol–water partition coefficient (Wildman–Crippen LogP) is 1.05. The van der Waals surface area contributed by atoms with Crippen LogP contribution in [0, 0.1) is 10.1 Å². The molecule has 1 aliphatic heterocycles. The van der Waals surface area contributed by atoms with E-state index in [0.717, 1.165) is 36.5 Å². The Morgan fingerprint density at radius 3 is 2.57 bits per heavy atom. The molecule has 1 aromatic carbocycles. The third kappa shape index (κ3) is 3.84. The molecule has 1 fully saturated rings. The van der Waals surface area contributed by atoms with Crippen LogP contribution >= 0.6 is 11.8 Å². The molecule has 1 aliphatic rings. The predicted molar refractivity (Wildman–Crippen MR) is 81.6 cm³/mol. The summed E-state index contributed by atoms with van der Waals surface area (Å²) in [6, 6.07) is 3.32. The fraction of sp³-hybridized carbons (Fsp3) is 0.455. The summed E-state index contributed by atoms with van der Waals surface area (Å²) < 4.78 is 27.4. The van der Waals surface area contributed by atoms with Gasteiger partial charge in [0, 0.05) is 18.2 Å². The molecule has 1 saturated heterocycles. The number of anilines is 1. The van der Waals surface area contributed by atoms with Gasteiger partial charge in [-0.2, -0.15) is 11.8 Å². The topological polar surface area (TPSA) is 127 Å². The van der Waals surface area contributed by atoms with E-state index in [2.05, 4.69) is 10.1 Å². The second kappa shape index (κ2) is 6.60. The maximum Gasteiger partial charge on any atom is 0.271 e. The van der Waals surface area contributed by atoms with E-state index in [-0.39, 0.29) is 22.3 Å². The molecule has 116 valence electrons. The van der Waals surface area contributed by atoms with E-state index in [0.29, 0.717) is 0 Å². The third-order valence-corrected chi connectivity index (χ3v) is 5.79. The number of rotatable bonds is 5. The molecule has 0 atom stereocenters. The highest BCUT2D eigenvalue weighted by atomic mass is 32.2. The molecule has 1 heterocycles. The van der Waals surface area contributed by atoms with Crippen LogP contribution < -0.4 is 16.0 Å². The van der Waals surface area contributed by atoms with Crippen molar-refractivity contribution in [2.24, 2.45) is 5.84 Å². The lowest BCUT2D eigenvalue weighted by molar-refractivity contribution is -0.384. The number of nitro benzene ring substituents is 1. The average Bonchev–Trinajstić information content (AvgIpc) is 2.47. The fourth-order valence-corrected chi connectivity index (χ4v) is 4.64.